The zero-order valence-corrected chi connectivity index (χ0v) is 8.78. The van der Waals surface area contributed by atoms with Crippen molar-refractivity contribution in [3.8, 4) is 0 Å². The van der Waals surface area contributed by atoms with Crippen LogP contribution < -0.4 is 0 Å². The van der Waals surface area contributed by atoms with Crippen LogP contribution in [0, 0.1) is 5.92 Å². The van der Waals surface area contributed by atoms with Gasteiger partial charge in [0.25, 0.3) is 0 Å². The molecule has 14 heavy (non-hydrogen) atoms. The second-order valence-electron chi connectivity index (χ2n) is 2.82. The van der Waals surface area contributed by atoms with Gasteiger partial charge in [-0.05, 0) is 13.3 Å². The van der Waals surface area contributed by atoms with Crippen molar-refractivity contribution < 1.29 is 19.1 Å². The second-order valence-corrected chi connectivity index (χ2v) is 2.82. The first-order valence-corrected chi connectivity index (χ1v) is 4.53. The Bertz CT molecular complexity index is 220. The number of ether oxygens (including phenoxy) is 2. The number of carbonyl (C=O) groups is 2. The summed E-state index contributed by atoms with van der Waals surface area (Å²) in [6.07, 6.45) is 3.44. The first kappa shape index (κ1) is 12.7. The van der Waals surface area contributed by atoms with Gasteiger partial charge in [-0.3, -0.25) is 9.59 Å². The predicted octanol–water partition coefficient (Wildman–Crippen LogP) is 1.30. The highest BCUT2D eigenvalue weighted by molar-refractivity contribution is 6.04. The van der Waals surface area contributed by atoms with Crippen LogP contribution in [0.1, 0.15) is 20.3 Å². The molecule has 0 unspecified atom stereocenters. The molecule has 0 aromatic carbocycles. The molecule has 0 aliphatic carbocycles. The molecular weight excluding hydrogens is 184 g/mol. The van der Waals surface area contributed by atoms with Gasteiger partial charge in [0.1, 0.15) is 5.92 Å². The molecule has 0 N–H and O–H groups in total. The molecular formula is C10H16O4. The quantitative estimate of drug-likeness (QED) is 0.213. The Morgan fingerprint density at radius 3 is 2.57 bits per heavy atom. The molecule has 80 valence electrons. The molecule has 0 rings (SSSR count). The SMILES string of the molecule is CCCO/C=C/C(=O)[C@@H](C)C(=O)OC. The first-order chi connectivity index (χ1) is 6.63. The van der Waals surface area contributed by atoms with Crippen molar-refractivity contribution in [2.24, 2.45) is 5.92 Å². The average molecular weight is 200 g/mol. The van der Waals surface area contributed by atoms with E-state index in [0.717, 1.165) is 6.42 Å². The molecule has 0 radical (unpaired) electrons. The van der Waals surface area contributed by atoms with E-state index in [2.05, 4.69) is 4.74 Å². The normalized spacial score (nSPS) is 12.5. The molecule has 0 fully saturated rings. The van der Waals surface area contributed by atoms with Gasteiger partial charge in [0, 0.05) is 6.08 Å². The van der Waals surface area contributed by atoms with E-state index in [0.29, 0.717) is 6.61 Å². The van der Waals surface area contributed by atoms with Crippen LogP contribution in [-0.2, 0) is 19.1 Å². The van der Waals surface area contributed by atoms with E-state index < -0.39 is 11.9 Å². The van der Waals surface area contributed by atoms with Crippen molar-refractivity contribution in [2.45, 2.75) is 20.3 Å². The maximum atomic E-state index is 11.2. The predicted molar refractivity (Wildman–Crippen MR) is 51.6 cm³/mol. The van der Waals surface area contributed by atoms with E-state index in [-0.39, 0.29) is 5.78 Å². The van der Waals surface area contributed by atoms with Crippen LogP contribution in [0.15, 0.2) is 12.3 Å². The smallest absolute Gasteiger partial charge is 0.316 e. The van der Waals surface area contributed by atoms with Crippen LogP contribution in [-0.4, -0.2) is 25.5 Å². The number of hydrogen-bond donors (Lipinski definition) is 0. The van der Waals surface area contributed by atoms with Crippen molar-refractivity contribution in [3.05, 3.63) is 12.3 Å². The maximum Gasteiger partial charge on any atom is 0.316 e. The lowest BCUT2D eigenvalue weighted by molar-refractivity contribution is -0.147. The van der Waals surface area contributed by atoms with E-state index in [1.165, 1.54) is 26.4 Å². The van der Waals surface area contributed by atoms with E-state index in [9.17, 15) is 9.59 Å². The third-order valence-corrected chi connectivity index (χ3v) is 1.63. The zero-order valence-electron chi connectivity index (χ0n) is 8.78. The maximum absolute atomic E-state index is 11.2. The van der Waals surface area contributed by atoms with Crippen molar-refractivity contribution in [2.75, 3.05) is 13.7 Å². The summed E-state index contributed by atoms with van der Waals surface area (Å²) in [5.74, 6) is -1.61. The first-order valence-electron chi connectivity index (χ1n) is 4.53. The Balaban J connectivity index is 3.95. The lowest BCUT2D eigenvalue weighted by Gasteiger charge is -2.04. The largest absolute Gasteiger partial charge is 0.501 e. The van der Waals surface area contributed by atoms with Gasteiger partial charge >= 0.3 is 5.97 Å². The molecule has 1 atom stereocenters. The van der Waals surface area contributed by atoms with E-state index in [1.807, 2.05) is 6.92 Å². The van der Waals surface area contributed by atoms with Crippen molar-refractivity contribution >= 4 is 11.8 Å². The van der Waals surface area contributed by atoms with Crippen LogP contribution >= 0.6 is 0 Å². The van der Waals surface area contributed by atoms with Gasteiger partial charge < -0.3 is 9.47 Å². The second kappa shape index (κ2) is 7.12. The fraction of sp³-hybridized carbons (Fsp3) is 0.600. The third-order valence-electron chi connectivity index (χ3n) is 1.63. The molecule has 0 aromatic heterocycles. The molecule has 0 aliphatic rings. The van der Waals surface area contributed by atoms with Crippen LogP contribution in [0.5, 0.6) is 0 Å². The number of methoxy groups -OCH3 is 1. The Hall–Kier alpha value is -1.32. The lowest BCUT2D eigenvalue weighted by atomic mass is 10.1. The standard InChI is InChI=1S/C10H16O4/c1-4-6-14-7-5-9(11)8(2)10(12)13-3/h5,7-8H,4,6H2,1-3H3/b7-5+/t8-/m1/s1. The van der Waals surface area contributed by atoms with Crippen molar-refractivity contribution in [1.29, 1.82) is 0 Å². The highest BCUT2D eigenvalue weighted by Gasteiger charge is 2.19. The summed E-state index contributed by atoms with van der Waals surface area (Å²) in [6.45, 7) is 4.03. The molecule has 0 aliphatic heterocycles. The number of hydrogen-bond acceptors (Lipinski definition) is 4. The summed E-state index contributed by atoms with van der Waals surface area (Å²) in [5, 5.41) is 0. The zero-order chi connectivity index (χ0) is 11.0. The minimum Gasteiger partial charge on any atom is -0.501 e. The molecule has 0 amide bonds. The van der Waals surface area contributed by atoms with E-state index in [1.54, 1.807) is 0 Å². The number of carbonyl (C=O) groups excluding carboxylic acids is 2. The number of allylic oxidation sites excluding steroid dienone is 1. The molecule has 4 nitrogen and oxygen atoms in total. The third kappa shape index (κ3) is 4.64. The Morgan fingerprint density at radius 2 is 2.07 bits per heavy atom. The summed E-state index contributed by atoms with van der Waals surface area (Å²) in [5.41, 5.74) is 0. The number of rotatable bonds is 6. The van der Waals surface area contributed by atoms with Crippen LogP contribution in [0.3, 0.4) is 0 Å². The summed E-state index contributed by atoms with van der Waals surface area (Å²) in [7, 11) is 1.25. The monoisotopic (exact) mass is 200 g/mol. The van der Waals surface area contributed by atoms with Gasteiger partial charge in [-0.1, -0.05) is 6.92 Å². The van der Waals surface area contributed by atoms with Crippen LogP contribution in [0.2, 0.25) is 0 Å². The van der Waals surface area contributed by atoms with Gasteiger partial charge in [-0.2, -0.15) is 0 Å². The Morgan fingerprint density at radius 1 is 1.43 bits per heavy atom. The number of esters is 1. The fourth-order valence-electron chi connectivity index (χ4n) is 0.738. The summed E-state index contributed by atoms with van der Waals surface area (Å²) in [4.78, 5) is 22.2. The van der Waals surface area contributed by atoms with Gasteiger partial charge in [0.05, 0.1) is 20.0 Å². The number of ketones is 1. The van der Waals surface area contributed by atoms with E-state index >= 15 is 0 Å². The molecule has 0 saturated carbocycles. The van der Waals surface area contributed by atoms with Gasteiger partial charge in [0.2, 0.25) is 0 Å². The molecule has 0 saturated heterocycles. The van der Waals surface area contributed by atoms with Crippen LogP contribution in [0.25, 0.3) is 0 Å². The molecule has 0 heterocycles. The van der Waals surface area contributed by atoms with Gasteiger partial charge in [-0.25, -0.2) is 0 Å². The molecule has 0 bridgehead atoms. The molecule has 4 heteroatoms. The topological polar surface area (TPSA) is 52.6 Å². The fourth-order valence-corrected chi connectivity index (χ4v) is 0.738. The highest BCUT2D eigenvalue weighted by Crippen LogP contribution is 2.00. The highest BCUT2D eigenvalue weighted by atomic mass is 16.5. The summed E-state index contributed by atoms with van der Waals surface area (Å²) < 4.78 is 9.39. The minimum absolute atomic E-state index is 0.312. The Kier molecular flexibility index (Phi) is 6.45. The Labute approximate surface area is 83.9 Å². The molecule has 0 spiro atoms. The van der Waals surface area contributed by atoms with Crippen LogP contribution in [0.4, 0.5) is 0 Å². The average Bonchev–Trinajstić information content (AvgIpc) is 2.21. The minimum atomic E-state index is -0.763. The van der Waals surface area contributed by atoms with E-state index in [4.69, 9.17) is 4.74 Å². The van der Waals surface area contributed by atoms with Crippen molar-refractivity contribution in [1.82, 2.24) is 0 Å². The summed E-state index contributed by atoms with van der Waals surface area (Å²) >= 11 is 0. The van der Waals surface area contributed by atoms with Crippen molar-refractivity contribution in [3.63, 3.8) is 0 Å². The van der Waals surface area contributed by atoms with Gasteiger partial charge in [0.15, 0.2) is 5.78 Å². The molecule has 0 aromatic rings. The lowest BCUT2D eigenvalue weighted by Crippen LogP contribution is -2.20. The summed E-state index contributed by atoms with van der Waals surface area (Å²) in [6, 6.07) is 0. The van der Waals surface area contributed by atoms with Gasteiger partial charge in [-0.15, -0.1) is 0 Å².